The zero-order chi connectivity index (χ0) is 17.6. The Morgan fingerprint density at radius 3 is 2.83 bits per heavy atom. The zero-order valence-electron chi connectivity index (χ0n) is 15.0. The third kappa shape index (κ3) is 2.45. The second kappa shape index (κ2) is 5.76. The minimum Gasteiger partial charge on any atom is -0.458 e. The van der Waals surface area contributed by atoms with Gasteiger partial charge >= 0.3 is 5.97 Å². The molecule has 1 heterocycles. The van der Waals surface area contributed by atoms with Crippen LogP contribution in [0.1, 0.15) is 47.5 Å². The third-order valence-electron chi connectivity index (χ3n) is 6.02. The van der Waals surface area contributed by atoms with Crippen molar-refractivity contribution in [1.29, 1.82) is 0 Å². The lowest BCUT2D eigenvalue weighted by Crippen LogP contribution is -2.42. The summed E-state index contributed by atoms with van der Waals surface area (Å²) < 4.78 is 5.76. The van der Waals surface area contributed by atoms with Crippen molar-refractivity contribution < 1.29 is 14.3 Å². The van der Waals surface area contributed by atoms with Gasteiger partial charge in [-0.3, -0.25) is 4.79 Å². The monoisotopic (exact) mass is 327 g/mol. The first-order valence-electron chi connectivity index (χ1n) is 8.55. The molecule has 0 fully saturated rings. The van der Waals surface area contributed by atoms with Crippen molar-refractivity contribution in [2.45, 2.75) is 53.6 Å². The van der Waals surface area contributed by atoms with E-state index in [4.69, 9.17) is 4.74 Å². The van der Waals surface area contributed by atoms with E-state index in [1.807, 2.05) is 13.8 Å². The summed E-state index contributed by atoms with van der Waals surface area (Å²) in [5.74, 6) is -0.0618. The van der Waals surface area contributed by atoms with E-state index < -0.39 is 0 Å². The first kappa shape index (κ1) is 16.7. The van der Waals surface area contributed by atoms with E-state index in [1.165, 1.54) is 5.57 Å². The second-order valence-electron chi connectivity index (χ2n) is 7.31. The van der Waals surface area contributed by atoms with Crippen LogP contribution in [0.3, 0.4) is 0 Å². The van der Waals surface area contributed by atoms with Crippen LogP contribution in [0, 0.1) is 11.3 Å². The summed E-state index contributed by atoms with van der Waals surface area (Å²) >= 11 is 0. The molecule has 0 aromatic rings. The molecule has 2 aliphatic carbocycles. The molecule has 4 nitrogen and oxygen atoms in total. The first-order chi connectivity index (χ1) is 11.3. The van der Waals surface area contributed by atoms with E-state index >= 15 is 0 Å². The average molecular weight is 327 g/mol. The average Bonchev–Trinajstić information content (AvgIpc) is 2.82. The Hall–Kier alpha value is -2.10. The molecule has 0 bridgehead atoms. The molecular weight excluding hydrogens is 302 g/mol. The van der Waals surface area contributed by atoms with Crippen LogP contribution < -0.4 is 5.32 Å². The number of hydrogen-bond donors (Lipinski definition) is 1. The van der Waals surface area contributed by atoms with Crippen molar-refractivity contribution in [3.05, 3.63) is 46.2 Å². The number of esters is 1. The third-order valence-corrected chi connectivity index (χ3v) is 6.02. The Balaban J connectivity index is 1.91. The molecule has 0 aromatic heterocycles. The number of ether oxygens (including phenoxy) is 1. The predicted molar refractivity (Wildman–Crippen MR) is 92.8 cm³/mol. The van der Waals surface area contributed by atoms with E-state index in [-0.39, 0.29) is 29.3 Å². The van der Waals surface area contributed by atoms with E-state index in [0.717, 1.165) is 23.3 Å². The van der Waals surface area contributed by atoms with Crippen LogP contribution >= 0.6 is 0 Å². The summed E-state index contributed by atoms with van der Waals surface area (Å²) in [6.45, 7) is 9.85. The zero-order valence-corrected chi connectivity index (χ0v) is 15.0. The van der Waals surface area contributed by atoms with Gasteiger partial charge in [0.1, 0.15) is 6.10 Å². The molecule has 0 saturated heterocycles. The van der Waals surface area contributed by atoms with Gasteiger partial charge in [-0.25, -0.2) is 4.79 Å². The van der Waals surface area contributed by atoms with Crippen LogP contribution in [0.2, 0.25) is 0 Å². The van der Waals surface area contributed by atoms with E-state index in [0.29, 0.717) is 12.0 Å². The molecule has 0 aromatic carbocycles. The van der Waals surface area contributed by atoms with Crippen molar-refractivity contribution in [3.8, 4) is 0 Å². The molecule has 3 atom stereocenters. The summed E-state index contributed by atoms with van der Waals surface area (Å²) in [6.07, 6.45) is 7.41. The fourth-order valence-electron chi connectivity index (χ4n) is 3.84. The number of hydrogen-bond acceptors (Lipinski definition) is 3. The number of allylic oxidation sites excluding steroid dienone is 4. The number of nitrogens with one attached hydrogen (secondary N) is 1. The normalized spacial score (nSPS) is 32.5. The molecule has 1 amide bonds. The number of rotatable bonds is 2. The summed E-state index contributed by atoms with van der Waals surface area (Å²) in [5.41, 5.74) is 4.59. The topological polar surface area (TPSA) is 55.4 Å². The molecule has 0 radical (unpaired) electrons. The largest absolute Gasteiger partial charge is 0.458 e. The lowest BCUT2D eigenvalue weighted by Gasteiger charge is -2.46. The highest BCUT2D eigenvalue weighted by atomic mass is 16.5. The second-order valence-corrected chi connectivity index (χ2v) is 7.31. The molecule has 1 N–H and O–H groups in total. The molecule has 0 spiro atoms. The van der Waals surface area contributed by atoms with Gasteiger partial charge in [-0.15, -0.1) is 0 Å². The van der Waals surface area contributed by atoms with Crippen LogP contribution in [-0.4, -0.2) is 18.0 Å². The maximum absolute atomic E-state index is 12.1. The van der Waals surface area contributed by atoms with Crippen LogP contribution in [0.4, 0.5) is 0 Å². The molecule has 3 aliphatic rings. The van der Waals surface area contributed by atoms with Gasteiger partial charge < -0.3 is 10.1 Å². The van der Waals surface area contributed by atoms with E-state index in [2.05, 4.69) is 31.3 Å². The quantitative estimate of drug-likeness (QED) is 0.623. The van der Waals surface area contributed by atoms with Gasteiger partial charge in [0.15, 0.2) is 0 Å². The van der Waals surface area contributed by atoms with Crippen molar-refractivity contribution in [3.63, 3.8) is 0 Å². The minimum atomic E-state index is -0.241. The van der Waals surface area contributed by atoms with Crippen LogP contribution in [0.5, 0.6) is 0 Å². The van der Waals surface area contributed by atoms with E-state index in [1.54, 1.807) is 13.0 Å². The summed E-state index contributed by atoms with van der Waals surface area (Å²) in [6, 6.07) is 0. The van der Waals surface area contributed by atoms with Crippen molar-refractivity contribution in [1.82, 2.24) is 5.32 Å². The molecular formula is C20H25NO3. The highest BCUT2D eigenvalue weighted by Gasteiger charge is 2.47. The molecule has 0 saturated carbocycles. The van der Waals surface area contributed by atoms with Gasteiger partial charge in [0.2, 0.25) is 0 Å². The summed E-state index contributed by atoms with van der Waals surface area (Å²) in [7, 11) is 0. The smallest absolute Gasteiger partial charge is 0.333 e. The Labute approximate surface area is 143 Å². The van der Waals surface area contributed by atoms with Gasteiger partial charge in [0, 0.05) is 34.6 Å². The maximum atomic E-state index is 12.1. The Morgan fingerprint density at radius 1 is 1.46 bits per heavy atom. The molecule has 128 valence electrons. The molecule has 24 heavy (non-hydrogen) atoms. The number of amides is 1. The van der Waals surface area contributed by atoms with Crippen molar-refractivity contribution in [2.75, 3.05) is 0 Å². The molecule has 4 heteroatoms. The minimum absolute atomic E-state index is 0.00145. The van der Waals surface area contributed by atoms with Gasteiger partial charge in [0.25, 0.3) is 5.91 Å². The summed E-state index contributed by atoms with van der Waals surface area (Å²) in [4.78, 5) is 24.1. The fraction of sp³-hybridized carbons (Fsp3) is 0.500. The molecule has 3 unspecified atom stereocenters. The van der Waals surface area contributed by atoms with Crippen LogP contribution in [0.15, 0.2) is 46.2 Å². The Morgan fingerprint density at radius 2 is 2.17 bits per heavy atom. The van der Waals surface area contributed by atoms with Gasteiger partial charge in [-0.2, -0.15) is 0 Å². The molecule has 3 rings (SSSR count). The first-order valence-corrected chi connectivity index (χ1v) is 8.55. The maximum Gasteiger partial charge on any atom is 0.333 e. The predicted octanol–water partition coefficient (Wildman–Crippen LogP) is 3.57. The lowest BCUT2D eigenvalue weighted by atomic mass is 9.60. The highest BCUT2D eigenvalue weighted by Crippen LogP contribution is 2.52. The Kier molecular flexibility index (Phi) is 4.02. The number of carbonyl (C=O) groups is 2. The standard InChI is InChI=1S/C20H25NO3/c1-6-11(2)19(23)24-17-8-7-14-9-16-15(12(3)18(22)21-16)10-20(14,5)13(17)4/h6-7,9,13,17H,8,10H2,1-5H3,(H,21,22). The SMILES string of the molecule is CC=C(C)C(=O)OC1CC=C2C=C3NC(=O)C(C)=C3CC2(C)C1C. The fourth-order valence-corrected chi connectivity index (χ4v) is 3.84. The van der Waals surface area contributed by atoms with Crippen molar-refractivity contribution in [2.24, 2.45) is 11.3 Å². The Bertz CT molecular complexity index is 738. The summed E-state index contributed by atoms with van der Waals surface area (Å²) in [5, 5.41) is 2.95. The van der Waals surface area contributed by atoms with E-state index in [9.17, 15) is 9.59 Å². The van der Waals surface area contributed by atoms with Gasteiger partial charge in [0.05, 0.1) is 0 Å². The van der Waals surface area contributed by atoms with Gasteiger partial charge in [-0.05, 0) is 44.4 Å². The van der Waals surface area contributed by atoms with Crippen LogP contribution in [-0.2, 0) is 14.3 Å². The number of fused-ring (bicyclic) bond motifs is 2. The van der Waals surface area contributed by atoms with Crippen LogP contribution in [0.25, 0.3) is 0 Å². The number of carbonyl (C=O) groups excluding carboxylic acids is 2. The highest BCUT2D eigenvalue weighted by molar-refractivity contribution is 6.00. The van der Waals surface area contributed by atoms with Gasteiger partial charge in [-0.1, -0.05) is 26.0 Å². The molecule has 1 aliphatic heterocycles. The lowest BCUT2D eigenvalue weighted by molar-refractivity contribution is -0.149. The van der Waals surface area contributed by atoms with Crippen molar-refractivity contribution >= 4 is 11.9 Å².